The Balaban J connectivity index is 2.45. The lowest BCUT2D eigenvalue weighted by molar-refractivity contribution is -0.672. The number of thiazole rings is 1. The van der Waals surface area contributed by atoms with Gasteiger partial charge in [0, 0.05) is 24.7 Å². The number of benzene rings is 1. The van der Waals surface area contributed by atoms with E-state index in [0.717, 1.165) is 11.9 Å². The Morgan fingerprint density at radius 1 is 1.36 bits per heavy atom. The van der Waals surface area contributed by atoms with Gasteiger partial charge in [-0.15, -0.1) is 0 Å². The van der Waals surface area contributed by atoms with E-state index in [9.17, 15) is 0 Å². The van der Waals surface area contributed by atoms with E-state index in [-0.39, 0.29) is 0 Å². The average molecular weight is 271 g/mol. The van der Waals surface area contributed by atoms with Crippen LogP contribution in [-0.2, 0) is 6.54 Å². The van der Waals surface area contributed by atoms with Crippen molar-refractivity contribution in [2.24, 2.45) is 0 Å². The number of aromatic nitrogens is 1. The van der Waals surface area contributed by atoms with Gasteiger partial charge < -0.3 is 0 Å². The molecule has 0 fully saturated rings. The second-order valence-corrected chi connectivity index (χ2v) is 5.31. The number of halogens is 1. The van der Waals surface area contributed by atoms with Gasteiger partial charge in [0.1, 0.15) is 4.70 Å². The minimum Gasteiger partial charge on any atom is -0.186 e. The summed E-state index contributed by atoms with van der Waals surface area (Å²) < 4.78 is 3.79. The minimum absolute atomic E-state index is 1.07. The molecule has 0 spiro atoms. The third kappa shape index (κ3) is 1.84. The third-order valence-electron chi connectivity index (χ3n) is 2.31. The fourth-order valence-corrected chi connectivity index (χ4v) is 2.94. The summed E-state index contributed by atoms with van der Waals surface area (Å²) >= 11 is 5.35. The summed E-state index contributed by atoms with van der Waals surface area (Å²) in [5, 5.41) is 2.47. The molecule has 0 amide bonds. The number of hydrogen-bond donors (Lipinski definition) is 0. The molecular formula is C11H13BrNS+. The summed E-state index contributed by atoms with van der Waals surface area (Å²) in [6.07, 6.45) is 1.19. The number of para-hydroxylation sites is 1. The summed E-state index contributed by atoms with van der Waals surface area (Å²) in [6, 6.07) is 8.61. The molecule has 0 saturated carbocycles. The fourth-order valence-electron chi connectivity index (χ4n) is 1.65. The quantitative estimate of drug-likeness (QED) is 0.596. The highest BCUT2D eigenvalue weighted by Gasteiger charge is 2.15. The number of rotatable bonds is 3. The van der Waals surface area contributed by atoms with Crippen LogP contribution in [0.5, 0.6) is 0 Å². The van der Waals surface area contributed by atoms with Gasteiger partial charge in [-0.05, 0) is 6.07 Å². The zero-order valence-electron chi connectivity index (χ0n) is 8.16. The van der Waals surface area contributed by atoms with Crippen LogP contribution in [0, 0.1) is 6.92 Å². The van der Waals surface area contributed by atoms with E-state index in [1.54, 1.807) is 0 Å². The molecule has 74 valence electrons. The van der Waals surface area contributed by atoms with Crippen LogP contribution < -0.4 is 4.57 Å². The summed E-state index contributed by atoms with van der Waals surface area (Å²) in [6.45, 7) is 3.31. The second kappa shape index (κ2) is 4.41. The van der Waals surface area contributed by atoms with Crippen LogP contribution in [0.4, 0.5) is 0 Å². The highest BCUT2D eigenvalue weighted by Crippen LogP contribution is 2.19. The topological polar surface area (TPSA) is 3.88 Å². The lowest BCUT2D eigenvalue weighted by Gasteiger charge is -1.93. The van der Waals surface area contributed by atoms with Crippen LogP contribution >= 0.6 is 27.3 Å². The molecule has 0 aliphatic heterocycles. The number of nitrogens with zero attached hydrogens (tertiary/aromatic N) is 1. The summed E-state index contributed by atoms with van der Waals surface area (Å²) in [7, 11) is 0. The molecule has 0 saturated heterocycles. The standard InChI is InChI=1S/C11H13BrNS/c1-9-13(8-4-7-12)10-5-2-3-6-11(10)14-9/h2-3,5-6H,4,7-8H2,1H3/q+1. The van der Waals surface area contributed by atoms with Gasteiger partial charge in [-0.3, -0.25) is 0 Å². The molecule has 0 radical (unpaired) electrons. The van der Waals surface area contributed by atoms with Crippen LogP contribution in [-0.4, -0.2) is 5.33 Å². The molecule has 2 rings (SSSR count). The molecular weight excluding hydrogens is 258 g/mol. The molecule has 1 nitrogen and oxygen atoms in total. The first-order valence-corrected chi connectivity index (χ1v) is 6.70. The van der Waals surface area contributed by atoms with Crippen LogP contribution in [0.1, 0.15) is 11.4 Å². The summed E-state index contributed by atoms with van der Waals surface area (Å²) in [5.74, 6) is 0. The van der Waals surface area contributed by atoms with Gasteiger partial charge in [0.05, 0.1) is 0 Å². The third-order valence-corrected chi connectivity index (χ3v) is 3.95. The van der Waals surface area contributed by atoms with Gasteiger partial charge in [0.15, 0.2) is 6.54 Å². The molecule has 14 heavy (non-hydrogen) atoms. The van der Waals surface area contributed by atoms with Gasteiger partial charge in [-0.2, -0.15) is 4.57 Å². The second-order valence-electron chi connectivity index (χ2n) is 3.28. The summed E-state index contributed by atoms with van der Waals surface area (Å²) in [4.78, 5) is 0. The smallest absolute Gasteiger partial charge is 0.186 e. The van der Waals surface area contributed by atoms with Crippen molar-refractivity contribution in [2.45, 2.75) is 19.9 Å². The lowest BCUT2D eigenvalue weighted by atomic mass is 10.3. The van der Waals surface area contributed by atoms with Crippen LogP contribution in [0.3, 0.4) is 0 Å². The van der Waals surface area contributed by atoms with Crippen molar-refractivity contribution in [1.82, 2.24) is 0 Å². The maximum atomic E-state index is 3.47. The van der Waals surface area contributed by atoms with Crippen molar-refractivity contribution in [3.05, 3.63) is 29.3 Å². The van der Waals surface area contributed by atoms with E-state index in [1.165, 1.54) is 21.6 Å². The molecule has 0 N–H and O–H groups in total. The average Bonchev–Trinajstić information content (AvgIpc) is 2.51. The van der Waals surface area contributed by atoms with E-state index in [2.05, 4.69) is 51.7 Å². The monoisotopic (exact) mass is 270 g/mol. The van der Waals surface area contributed by atoms with Crippen molar-refractivity contribution in [3.63, 3.8) is 0 Å². The zero-order chi connectivity index (χ0) is 9.97. The minimum atomic E-state index is 1.07. The molecule has 1 heterocycles. The van der Waals surface area contributed by atoms with Crippen molar-refractivity contribution in [1.29, 1.82) is 0 Å². The maximum Gasteiger partial charge on any atom is 0.235 e. The number of alkyl halides is 1. The Morgan fingerprint density at radius 2 is 2.14 bits per heavy atom. The number of fused-ring (bicyclic) bond motifs is 1. The molecule has 1 aromatic heterocycles. The highest BCUT2D eigenvalue weighted by molar-refractivity contribution is 9.09. The van der Waals surface area contributed by atoms with Crippen molar-refractivity contribution >= 4 is 37.5 Å². The SMILES string of the molecule is Cc1sc2ccccc2[n+]1CCCBr. The number of hydrogen-bond acceptors (Lipinski definition) is 1. The van der Waals surface area contributed by atoms with Gasteiger partial charge >= 0.3 is 0 Å². The predicted octanol–water partition coefficient (Wildman–Crippen LogP) is 3.28. The Morgan fingerprint density at radius 3 is 2.93 bits per heavy atom. The zero-order valence-corrected chi connectivity index (χ0v) is 10.6. The van der Waals surface area contributed by atoms with Gasteiger partial charge in [0.2, 0.25) is 10.5 Å². The Bertz CT molecular complexity index is 436. The molecule has 0 bridgehead atoms. The molecule has 1 aromatic carbocycles. The van der Waals surface area contributed by atoms with E-state index in [1.807, 2.05) is 11.3 Å². The first kappa shape index (κ1) is 10.1. The van der Waals surface area contributed by atoms with Crippen molar-refractivity contribution in [2.75, 3.05) is 5.33 Å². The predicted molar refractivity (Wildman–Crippen MR) is 65.2 cm³/mol. The van der Waals surface area contributed by atoms with Crippen molar-refractivity contribution in [3.8, 4) is 0 Å². The maximum absolute atomic E-state index is 3.47. The van der Waals surface area contributed by atoms with Crippen LogP contribution in [0.15, 0.2) is 24.3 Å². The summed E-state index contributed by atoms with van der Waals surface area (Å²) in [5.41, 5.74) is 1.37. The number of aryl methyl sites for hydroxylation is 2. The lowest BCUT2D eigenvalue weighted by Crippen LogP contribution is -2.35. The van der Waals surface area contributed by atoms with Gasteiger partial charge in [0.25, 0.3) is 0 Å². The molecule has 2 aromatic rings. The van der Waals surface area contributed by atoms with E-state index >= 15 is 0 Å². The largest absolute Gasteiger partial charge is 0.235 e. The highest BCUT2D eigenvalue weighted by atomic mass is 79.9. The molecule has 0 aliphatic rings. The van der Waals surface area contributed by atoms with Crippen LogP contribution in [0.2, 0.25) is 0 Å². The molecule has 0 aliphatic carbocycles. The first-order valence-electron chi connectivity index (χ1n) is 4.77. The van der Waals surface area contributed by atoms with E-state index < -0.39 is 0 Å². The molecule has 0 atom stereocenters. The Hall–Kier alpha value is -0.410. The van der Waals surface area contributed by atoms with Crippen molar-refractivity contribution < 1.29 is 4.57 Å². The molecule has 0 unspecified atom stereocenters. The first-order chi connectivity index (χ1) is 6.83. The van der Waals surface area contributed by atoms with Gasteiger partial charge in [-0.1, -0.05) is 39.4 Å². The Kier molecular flexibility index (Phi) is 3.19. The normalized spacial score (nSPS) is 11.0. The Labute approximate surface area is 96.5 Å². The van der Waals surface area contributed by atoms with E-state index in [0.29, 0.717) is 0 Å². The molecule has 3 heteroatoms. The fraction of sp³-hybridized carbons (Fsp3) is 0.364. The van der Waals surface area contributed by atoms with Crippen LogP contribution in [0.25, 0.3) is 10.2 Å². The van der Waals surface area contributed by atoms with E-state index in [4.69, 9.17) is 0 Å². The van der Waals surface area contributed by atoms with Gasteiger partial charge in [-0.25, -0.2) is 0 Å².